The van der Waals surface area contributed by atoms with Crippen molar-refractivity contribution in [3.05, 3.63) is 0 Å². The molecule has 0 heterocycles. The van der Waals surface area contributed by atoms with Gasteiger partial charge in [0, 0.05) is 39.3 Å². The fourth-order valence-electron chi connectivity index (χ4n) is 2.70. The minimum atomic E-state index is -0.740. The molecule has 0 atom stereocenters. The van der Waals surface area contributed by atoms with Gasteiger partial charge in [-0.25, -0.2) is 19.2 Å². The lowest BCUT2D eigenvalue weighted by Crippen LogP contribution is -2.48. The first-order valence-corrected chi connectivity index (χ1v) is 12.9. The zero-order valence-electron chi connectivity index (χ0n) is 25.4. The third kappa shape index (κ3) is 19.2. The van der Waals surface area contributed by atoms with E-state index in [9.17, 15) is 19.2 Å². The minimum absolute atomic E-state index is 0.0938. The van der Waals surface area contributed by atoms with Crippen LogP contribution in [-0.4, -0.2) is 95.8 Å². The van der Waals surface area contributed by atoms with Gasteiger partial charge in [0.05, 0.1) is 0 Å². The van der Waals surface area contributed by atoms with Crippen LogP contribution >= 0.6 is 0 Å². The van der Waals surface area contributed by atoms with E-state index in [1.807, 2.05) is 0 Å². The number of nitrogens with zero attached hydrogens (tertiary/aromatic N) is 2. The zero-order valence-corrected chi connectivity index (χ0v) is 25.4. The van der Waals surface area contributed by atoms with Gasteiger partial charge < -0.3 is 39.4 Å². The predicted octanol–water partition coefficient (Wildman–Crippen LogP) is 4.51. The lowest BCUT2D eigenvalue weighted by molar-refractivity contribution is 0.0131. The summed E-state index contributed by atoms with van der Waals surface area (Å²) in [5.41, 5.74) is -2.79. The number of carbonyl (C=O) groups is 4. The first-order valence-electron chi connectivity index (χ1n) is 12.9. The number of carbonyl (C=O) groups excluding carboxylic acids is 4. The maximum absolute atomic E-state index is 12.9. The van der Waals surface area contributed by atoms with Crippen LogP contribution < -0.4 is 10.6 Å². The Morgan fingerprint density at radius 3 is 0.974 bits per heavy atom. The molecule has 0 rings (SSSR count). The van der Waals surface area contributed by atoms with Crippen LogP contribution in [0.4, 0.5) is 19.2 Å². The van der Waals surface area contributed by atoms with Crippen molar-refractivity contribution >= 4 is 24.4 Å². The van der Waals surface area contributed by atoms with Gasteiger partial charge in [0.25, 0.3) is 0 Å². The van der Waals surface area contributed by atoms with Crippen LogP contribution in [0.5, 0.6) is 0 Å². The van der Waals surface area contributed by atoms with Gasteiger partial charge in [0.1, 0.15) is 22.4 Å². The van der Waals surface area contributed by atoms with E-state index in [1.165, 1.54) is 9.80 Å². The Morgan fingerprint density at radius 2 is 0.737 bits per heavy atom. The number of hydrogen-bond acceptors (Lipinski definition) is 8. The van der Waals surface area contributed by atoms with Gasteiger partial charge >= 0.3 is 24.4 Å². The molecule has 0 saturated carbocycles. The number of hydrogen-bond donors (Lipinski definition) is 2. The molecule has 0 unspecified atom stereocenters. The van der Waals surface area contributed by atoms with Crippen molar-refractivity contribution in [2.45, 2.75) is 105 Å². The quantitative estimate of drug-likeness (QED) is 0.403. The molecule has 0 aromatic carbocycles. The molecule has 0 aliphatic heterocycles. The minimum Gasteiger partial charge on any atom is -0.444 e. The Kier molecular flexibility index (Phi) is 13.2. The summed E-state index contributed by atoms with van der Waals surface area (Å²) in [4.78, 5) is 52.5. The highest BCUT2D eigenvalue weighted by atomic mass is 16.6. The molecule has 0 fully saturated rings. The molecule has 4 amide bonds. The van der Waals surface area contributed by atoms with Gasteiger partial charge in [-0.15, -0.1) is 0 Å². The van der Waals surface area contributed by atoms with E-state index in [1.54, 1.807) is 83.1 Å². The number of amides is 4. The third-order valence-electron chi connectivity index (χ3n) is 4.04. The highest BCUT2D eigenvalue weighted by Crippen LogP contribution is 2.13. The highest BCUT2D eigenvalue weighted by Gasteiger charge is 2.26. The summed E-state index contributed by atoms with van der Waals surface area (Å²) >= 11 is 0. The molecule has 0 aliphatic carbocycles. The molecule has 0 aliphatic rings. The second-order valence-electron chi connectivity index (χ2n) is 12.8. The summed E-state index contributed by atoms with van der Waals surface area (Å²) in [7, 11) is 0. The molecule has 0 aromatic rings. The van der Waals surface area contributed by atoms with E-state index in [-0.39, 0.29) is 39.3 Å². The van der Waals surface area contributed by atoms with Crippen molar-refractivity contribution in [1.82, 2.24) is 20.4 Å². The van der Waals surface area contributed by atoms with Crippen molar-refractivity contribution < 1.29 is 38.1 Å². The summed E-state index contributed by atoms with van der Waals surface area (Å²) in [5.74, 6) is 0. The van der Waals surface area contributed by atoms with Crippen LogP contribution in [0.3, 0.4) is 0 Å². The van der Waals surface area contributed by atoms with E-state index >= 15 is 0 Å². The van der Waals surface area contributed by atoms with Crippen LogP contribution in [0, 0.1) is 0 Å². The molecule has 0 saturated heterocycles. The fourth-order valence-corrected chi connectivity index (χ4v) is 2.70. The molecule has 0 spiro atoms. The summed E-state index contributed by atoms with van der Waals surface area (Å²) in [6.07, 6.45) is -2.41. The first-order chi connectivity index (χ1) is 17.0. The Bertz CT molecular complexity index is 723. The monoisotopic (exact) mass is 546 g/mol. The van der Waals surface area contributed by atoms with Crippen molar-refractivity contribution in [2.75, 3.05) is 39.3 Å². The van der Waals surface area contributed by atoms with Gasteiger partial charge in [-0.1, -0.05) is 0 Å². The van der Waals surface area contributed by atoms with Gasteiger partial charge in [0.15, 0.2) is 0 Å². The van der Waals surface area contributed by atoms with Crippen LogP contribution in [0.2, 0.25) is 0 Å². The molecule has 2 N–H and O–H groups in total. The largest absolute Gasteiger partial charge is 0.444 e. The maximum atomic E-state index is 12.9. The van der Waals surface area contributed by atoms with Crippen LogP contribution in [0.1, 0.15) is 83.1 Å². The van der Waals surface area contributed by atoms with E-state index in [4.69, 9.17) is 18.9 Å². The fraction of sp³-hybridized carbons (Fsp3) is 0.846. The summed E-state index contributed by atoms with van der Waals surface area (Å²) in [5, 5.41) is 5.23. The normalized spacial score (nSPS) is 12.2. The Balaban J connectivity index is 5.38. The number of nitrogens with one attached hydrogen (secondary N) is 2. The molecule has 222 valence electrons. The average Bonchev–Trinajstić information content (AvgIpc) is 2.63. The molecule has 0 aromatic heterocycles. The molecular weight excluding hydrogens is 496 g/mol. The average molecular weight is 547 g/mol. The topological polar surface area (TPSA) is 136 Å². The zero-order chi connectivity index (χ0) is 29.9. The van der Waals surface area contributed by atoms with Crippen LogP contribution in [0.25, 0.3) is 0 Å². The molecule has 38 heavy (non-hydrogen) atoms. The summed E-state index contributed by atoms with van der Waals surface area (Å²) < 4.78 is 21.5. The van der Waals surface area contributed by atoms with E-state index in [2.05, 4.69) is 10.6 Å². The van der Waals surface area contributed by atoms with E-state index < -0.39 is 46.8 Å². The standard InChI is InChI=1S/C26H50N4O8/c1-23(2,3)35-19(31)27-13-15-29(21(33)37-25(7,8)9)17-18-30(22(34)38-26(10,11)12)16-14-28-20(32)36-24(4,5)6/h13-18H2,1-12H3,(H,27,31)(H,28,32). The predicted molar refractivity (Wildman–Crippen MR) is 144 cm³/mol. The van der Waals surface area contributed by atoms with Crippen LogP contribution in [0.15, 0.2) is 0 Å². The number of ether oxygens (including phenoxy) is 4. The lowest BCUT2D eigenvalue weighted by Gasteiger charge is -2.31. The van der Waals surface area contributed by atoms with Gasteiger partial charge in [-0.05, 0) is 83.1 Å². The molecule has 0 bridgehead atoms. The molecule has 0 radical (unpaired) electrons. The molecule has 12 nitrogen and oxygen atoms in total. The van der Waals surface area contributed by atoms with Gasteiger partial charge in [0.2, 0.25) is 0 Å². The highest BCUT2D eigenvalue weighted by molar-refractivity contribution is 5.70. The Hall–Kier alpha value is -2.92. The van der Waals surface area contributed by atoms with Crippen LogP contribution in [-0.2, 0) is 18.9 Å². The Morgan fingerprint density at radius 1 is 0.474 bits per heavy atom. The smallest absolute Gasteiger partial charge is 0.410 e. The maximum Gasteiger partial charge on any atom is 0.410 e. The van der Waals surface area contributed by atoms with Crippen molar-refractivity contribution in [3.63, 3.8) is 0 Å². The summed E-state index contributed by atoms with van der Waals surface area (Å²) in [6.45, 7) is 21.6. The molecule has 12 heteroatoms. The second kappa shape index (κ2) is 14.3. The van der Waals surface area contributed by atoms with Gasteiger partial charge in [-0.3, -0.25) is 0 Å². The SMILES string of the molecule is CC(C)(C)OC(=O)NCCN(CCN(CCNC(=O)OC(C)(C)C)C(=O)OC(C)(C)C)C(=O)OC(C)(C)C. The lowest BCUT2D eigenvalue weighted by atomic mass is 10.2. The first kappa shape index (κ1) is 35.1. The number of alkyl carbamates (subject to hydrolysis) is 2. The van der Waals surface area contributed by atoms with Gasteiger partial charge in [-0.2, -0.15) is 0 Å². The van der Waals surface area contributed by atoms with E-state index in [0.717, 1.165) is 0 Å². The molecular formula is C26H50N4O8. The number of rotatable bonds is 9. The van der Waals surface area contributed by atoms with E-state index in [0.29, 0.717) is 0 Å². The summed E-state index contributed by atoms with van der Waals surface area (Å²) in [6, 6.07) is 0. The third-order valence-corrected chi connectivity index (χ3v) is 4.04. The second-order valence-corrected chi connectivity index (χ2v) is 12.8. The Labute approximate surface area is 228 Å². The van der Waals surface area contributed by atoms with Crippen molar-refractivity contribution in [3.8, 4) is 0 Å². The van der Waals surface area contributed by atoms with Crippen molar-refractivity contribution in [2.24, 2.45) is 0 Å². The van der Waals surface area contributed by atoms with Crippen molar-refractivity contribution in [1.29, 1.82) is 0 Å².